The number of aromatic nitrogens is 1. The molecule has 0 bridgehead atoms. The monoisotopic (exact) mass is 559 g/mol. The molecule has 1 atom stereocenters. The van der Waals surface area contributed by atoms with Gasteiger partial charge in [-0.05, 0) is 57.4 Å². The molecule has 3 rings (SSSR count). The summed E-state index contributed by atoms with van der Waals surface area (Å²) < 4.78 is 19.0. The SMILES string of the molecule is C=C(/C=C/c1cn(CCCOP(OCCC#N)N(C(C)C)C(C)C)c2ccccc12)c1ccccc1/[N+](C)=C\C. The van der Waals surface area contributed by atoms with E-state index in [4.69, 9.17) is 14.3 Å². The van der Waals surface area contributed by atoms with E-state index in [1.165, 1.54) is 16.5 Å². The normalized spacial score (nSPS) is 13.2. The predicted octanol–water partition coefficient (Wildman–Crippen LogP) is 8.42. The number of para-hydroxylation sites is 2. The second-order valence-electron chi connectivity index (χ2n) is 10.3. The molecular formula is C33H44N4O2P+. The van der Waals surface area contributed by atoms with E-state index in [-0.39, 0.29) is 12.1 Å². The first-order valence-electron chi connectivity index (χ1n) is 14.1. The van der Waals surface area contributed by atoms with Gasteiger partial charge in [0.1, 0.15) is 13.3 Å². The largest absolute Gasteiger partial charge is 0.347 e. The Morgan fingerprint density at radius 1 is 1.07 bits per heavy atom. The molecule has 0 saturated carbocycles. The van der Waals surface area contributed by atoms with Gasteiger partial charge in [0.15, 0.2) is 0 Å². The molecule has 0 saturated heterocycles. The number of allylic oxidation sites excluding steroid dienone is 2. The van der Waals surface area contributed by atoms with Crippen molar-refractivity contribution < 1.29 is 13.6 Å². The number of fused-ring (bicyclic) bond motifs is 1. The lowest BCUT2D eigenvalue weighted by atomic mass is 10.0. The number of hydrogen-bond acceptors (Lipinski definition) is 4. The van der Waals surface area contributed by atoms with E-state index in [1.54, 1.807) is 0 Å². The fourth-order valence-electron chi connectivity index (χ4n) is 4.76. The van der Waals surface area contributed by atoms with E-state index in [0.717, 1.165) is 29.8 Å². The molecule has 40 heavy (non-hydrogen) atoms. The molecule has 7 heteroatoms. The van der Waals surface area contributed by atoms with Crippen LogP contribution in [0.5, 0.6) is 0 Å². The van der Waals surface area contributed by atoms with Crippen molar-refractivity contribution in [3.05, 3.63) is 78.5 Å². The third-order valence-electron chi connectivity index (χ3n) is 6.71. The maximum absolute atomic E-state index is 8.94. The van der Waals surface area contributed by atoms with Crippen LogP contribution in [0.1, 0.15) is 58.6 Å². The number of nitrogens with zero attached hydrogens (tertiary/aromatic N) is 4. The van der Waals surface area contributed by atoms with E-state index in [1.807, 2.05) is 6.92 Å². The number of benzene rings is 2. The molecular weight excluding hydrogens is 515 g/mol. The van der Waals surface area contributed by atoms with E-state index in [0.29, 0.717) is 19.6 Å². The van der Waals surface area contributed by atoms with Crippen molar-refractivity contribution >= 4 is 43.0 Å². The highest BCUT2D eigenvalue weighted by molar-refractivity contribution is 7.44. The summed E-state index contributed by atoms with van der Waals surface area (Å²) in [5.74, 6) is 0. The number of rotatable bonds is 15. The first-order valence-corrected chi connectivity index (χ1v) is 15.2. The summed E-state index contributed by atoms with van der Waals surface area (Å²) in [4.78, 5) is 0. The maximum Gasteiger partial charge on any atom is 0.259 e. The molecule has 0 aliphatic carbocycles. The van der Waals surface area contributed by atoms with E-state index in [2.05, 4.69) is 134 Å². The lowest BCUT2D eigenvalue weighted by Crippen LogP contribution is -2.33. The van der Waals surface area contributed by atoms with Crippen LogP contribution in [0.15, 0.2) is 67.4 Å². The minimum absolute atomic E-state index is 0.290. The van der Waals surface area contributed by atoms with Crippen LogP contribution in [0.2, 0.25) is 0 Å². The van der Waals surface area contributed by atoms with Crippen LogP contribution in [0.25, 0.3) is 22.6 Å². The maximum atomic E-state index is 8.94. The van der Waals surface area contributed by atoms with Crippen molar-refractivity contribution in [3.8, 4) is 6.07 Å². The Morgan fingerprint density at radius 2 is 1.75 bits per heavy atom. The van der Waals surface area contributed by atoms with Crippen LogP contribution in [-0.2, 0) is 15.6 Å². The number of hydrogen-bond donors (Lipinski definition) is 0. The lowest BCUT2D eigenvalue weighted by molar-refractivity contribution is -0.400. The highest BCUT2D eigenvalue weighted by atomic mass is 31.2. The molecule has 1 aromatic heterocycles. The predicted molar refractivity (Wildman–Crippen MR) is 170 cm³/mol. The molecule has 0 aliphatic heterocycles. The Kier molecular flexibility index (Phi) is 12.3. The summed E-state index contributed by atoms with van der Waals surface area (Å²) in [6.45, 7) is 16.8. The van der Waals surface area contributed by atoms with Gasteiger partial charge in [0.05, 0.1) is 31.3 Å². The third-order valence-corrected chi connectivity index (χ3v) is 8.82. The Morgan fingerprint density at radius 3 is 2.45 bits per heavy atom. The first-order chi connectivity index (χ1) is 19.3. The van der Waals surface area contributed by atoms with Crippen molar-refractivity contribution in [2.75, 3.05) is 20.3 Å². The summed E-state index contributed by atoms with van der Waals surface area (Å²) in [6, 6.07) is 19.6. The van der Waals surface area contributed by atoms with Crippen LogP contribution in [-0.4, -0.2) is 52.4 Å². The molecule has 0 spiro atoms. The lowest BCUT2D eigenvalue weighted by Gasteiger charge is -2.35. The molecule has 212 valence electrons. The number of nitriles is 1. The smallest absolute Gasteiger partial charge is 0.259 e. The zero-order chi connectivity index (χ0) is 29.1. The highest BCUT2D eigenvalue weighted by Crippen LogP contribution is 2.46. The second kappa shape index (κ2) is 15.6. The van der Waals surface area contributed by atoms with Crippen molar-refractivity contribution in [2.45, 2.75) is 66.1 Å². The summed E-state index contributed by atoms with van der Waals surface area (Å²) in [6.07, 6.45) is 9.76. The quantitative estimate of drug-likeness (QED) is 0.0617. The fourth-order valence-corrected chi connectivity index (χ4v) is 6.38. The van der Waals surface area contributed by atoms with E-state index >= 15 is 0 Å². The van der Waals surface area contributed by atoms with Crippen LogP contribution < -0.4 is 0 Å². The van der Waals surface area contributed by atoms with Gasteiger partial charge in [0, 0.05) is 48.7 Å². The zero-order valence-electron chi connectivity index (χ0n) is 24.9. The molecule has 1 unspecified atom stereocenters. The van der Waals surface area contributed by atoms with Crippen molar-refractivity contribution in [1.29, 1.82) is 5.26 Å². The highest BCUT2D eigenvalue weighted by Gasteiger charge is 2.27. The minimum Gasteiger partial charge on any atom is -0.347 e. The molecule has 0 aliphatic rings. The molecule has 6 nitrogen and oxygen atoms in total. The van der Waals surface area contributed by atoms with Gasteiger partial charge in [0.25, 0.3) is 8.53 Å². The fraction of sp³-hybridized carbons (Fsp3) is 0.394. The van der Waals surface area contributed by atoms with Crippen LogP contribution in [0, 0.1) is 11.3 Å². The molecule has 3 aromatic rings. The number of aryl methyl sites for hydroxylation is 1. The molecule has 2 aromatic carbocycles. The second-order valence-corrected chi connectivity index (χ2v) is 11.7. The first kappa shape index (κ1) is 31.5. The van der Waals surface area contributed by atoms with Gasteiger partial charge >= 0.3 is 0 Å². The van der Waals surface area contributed by atoms with Crippen LogP contribution in [0.3, 0.4) is 0 Å². The Hall–Kier alpha value is -3.07. The Bertz CT molecular complexity index is 1360. The van der Waals surface area contributed by atoms with Crippen molar-refractivity contribution in [3.63, 3.8) is 0 Å². The van der Waals surface area contributed by atoms with Gasteiger partial charge in [-0.25, -0.2) is 9.25 Å². The summed E-state index contributed by atoms with van der Waals surface area (Å²) in [7, 11) is 0.831. The van der Waals surface area contributed by atoms with Gasteiger partial charge in [-0.3, -0.25) is 0 Å². The summed E-state index contributed by atoms with van der Waals surface area (Å²) in [5.41, 5.74) is 5.59. The van der Waals surface area contributed by atoms with Crippen molar-refractivity contribution in [1.82, 2.24) is 9.24 Å². The van der Waals surface area contributed by atoms with Crippen LogP contribution >= 0.6 is 8.53 Å². The van der Waals surface area contributed by atoms with E-state index < -0.39 is 8.53 Å². The molecule has 0 fully saturated rings. The van der Waals surface area contributed by atoms with Gasteiger partial charge < -0.3 is 13.6 Å². The van der Waals surface area contributed by atoms with Crippen LogP contribution in [0.4, 0.5) is 5.69 Å². The molecule has 1 heterocycles. The van der Waals surface area contributed by atoms with Gasteiger partial charge in [0.2, 0.25) is 5.69 Å². The summed E-state index contributed by atoms with van der Waals surface area (Å²) in [5, 5.41) is 10.2. The molecule has 0 N–H and O–H groups in total. The minimum atomic E-state index is -1.22. The third kappa shape index (κ3) is 8.22. The molecule has 0 amide bonds. The average Bonchev–Trinajstić information content (AvgIpc) is 3.30. The zero-order valence-corrected chi connectivity index (χ0v) is 25.8. The average molecular weight is 560 g/mol. The summed E-state index contributed by atoms with van der Waals surface area (Å²) >= 11 is 0. The van der Waals surface area contributed by atoms with Gasteiger partial charge in [-0.2, -0.15) is 5.26 Å². The van der Waals surface area contributed by atoms with E-state index in [9.17, 15) is 0 Å². The Balaban J connectivity index is 1.73. The molecule has 0 radical (unpaired) electrons. The standard InChI is InChI=1S/C33H44N4O2P/c1-8-35(7)32-17-11-9-15-30(32)28(6)19-20-29-25-36(33-18-12-10-16-31(29)33)22-14-24-39-40(38-23-13-21-34)37(26(2)3)27(4)5/h8-12,15-20,25-27H,6,13-14,22-24H2,1-5,7H3/q+1/b20-19+,35-8-. The van der Waals surface area contributed by atoms with Crippen molar-refractivity contribution in [2.24, 2.45) is 0 Å². The van der Waals surface area contributed by atoms with Gasteiger partial charge in [-0.1, -0.05) is 49.1 Å². The topological polar surface area (TPSA) is 53.4 Å². The van der Waals surface area contributed by atoms with Gasteiger partial charge in [-0.15, -0.1) is 0 Å². The Labute approximate surface area is 241 Å².